The van der Waals surface area contributed by atoms with Crippen molar-refractivity contribution in [2.75, 3.05) is 33.4 Å². The van der Waals surface area contributed by atoms with E-state index >= 15 is 0 Å². The average molecular weight is 342 g/mol. The zero-order valence-electron chi connectivity index (χ0n) is 14.3. The van der Waals surface area contributed by atoms with E-state index in [-0.39, 0.29) is 0 Å². The van der Waals surface area contributed by atoms with Crippen molar-refractivity contribution in [3.63, 3.8) is 0 Å². The van der Waals surface area contributed by atoms with E-state index in [1.807, 2.05) is 19.1 Å². The Kier molecular flexibility index (Phi) is 10.2. The molecule has 0 fully saturated rings. The first-order valence-electron chi connectivity index (χ1n) is 8.13. The van der Waals surface area contributed by atoms with Crippen LogP contribution in [0.3, 0.4) is 0 Å². The summed E-state index contributed by atoms with van der Waals surface area (Å²) in [7, 11) is 1.64. The first-order chi connectivity index (χ1) is 11.2. The monoisotopic (exact) mass is 341 g/mol. The molecule has 2 N–H and O–H groups in total. The maximum Gasteiger partial charge on any atom is 0.191 e. The maximum absolute atomic E-state index is 5.98. The number of hydrogen-bond acceptors (Lipinski definition) is 3. The van der Waals surface area contributed by atoms with Crippen molar-refractivity contribution in [1.82, 2.24) is 10.6 Å². The van der Waals surface area contributed by atoms with Gasteiger partial charge in [-0.3, -0.25) is 0 Å². The molecule has 6 heteroatoms. The first-order valence-corrected chi connectivity index (χ1v) is 8.51. The molecule has 1 aromatic rings. The van der Waals surface area contributed by atoms with Gasteiger partial charge < -0.3 is 20.1 Å². The Morgan fingerprint density at radius 1 is 1.22 bits per heavy atom. The molecule has 0 heterocycles. The van der Waals surface area contributed by atoms with Gasteiger partial charge in [0.25, 0.3) is 0 Å². The van der Waals surface area contributed by atoms with Crippen LogP contribution >= 0.6 is 11.6 Å². The number of aliphatic imine (C=N–C) groups is 1. The van der Waals surface area contributed by atoms with Crippen molar-refractivity contribution >= 4 is 17.6 Å². The minimum absolute atomic E-state index is 0.536. The molecule has 0 amide bonds. The average Bonchev–Trinajstić information content (AvgIpc) is 2.56. The summed E-state index contributed by atoms with van der Waals surface area (Å²) in [6.45, 7) is 7.89. The van der Waals surface area contributed by atoms with Gasteiger partial charge >= 0.3 is 0 Å². The molecule has 0 radical (unpaired) electrons. The van der Waals surface area contributed by atoms with Gasteiger partial charge in [0.15, 0.2) is 5.96 Å². The number of hydrogen-bond donors (Lipinski definition) is 2. The van der Waals surface area contributed by atoms with Gasteiger partial charge in [0.05, 0.1) is 13.7 Å². The van der Waals surface area contributed by atoms with Gasteiger partial charge in [-0.05, 0) is 38.8 Å². The summed E-state index contributed by atoms with van der Waals surface area (Å²) in [5, 5.41) is 7.24. The van der Waals surface area contributed by atoms with Gasteiger partial charge in [-0.1, -0.05) is 17.7 Å². The third-order valence-corrected chi connectivity index (χ3v) is 3.45. The van der Waals surface area contributed by atoms with E-state index in [1.54, 1.807) is 13.2 Å². The Morgan fingerprint density at radius 3 is 2.74 bits per heavy atom. The highest BCUT2D eigenvalue weighted by Gasteiger charge is 2.04. The molecule has 0 atom stereocenters. The van der Waals surface area contributed by atoms with E-state index in [9.17, 15) is 0 Å². The molecule has 0 aliphatic carbocycles. The number of nitrogens with one attached hydrogen (secondary N) is 2. The highest BCUT2D eigenvalue weighted by Crippen LogP contribution is 2.23. The van der Waals surface area contributed by atoms with Crippen molar-refractivity contribution in [2.45, 2.75) is 33.2 Å². The minimum atomic E-state index is 0.536. The summed E-state index contributed by atoms with van der Waals surface area (Å²) in [5.74, 6) is 1.56. The van der Waals surface area contributed by atoms with Gasteiger partial charge in [-0.15, -0.1) is 0 Å². The van der Waals surface area contributed by atoms with Crippen molar-refractivity contribution in [1.29, 1.82) is 0 Å². The Labute approximate surface area is 144 Å². The predicted octanol–water partition coefficient (Wildman–Crippen LogP) is 3.22. The maximum atomic E-state index is 5.98. The number of rotatable bonds is 10. The second kappa shape index (κ2) is 12.0. The van der Waals surface area contributed by atoms with Crippen LogP contribution in [0, 0.1) is 0 Å². The fourth-order valence-electron chi connectivity index (χ4n) is 2.04. The van der Waals surface area contributed by atoms with Crippen LogP contribution in [0.5, 0.6) is 5.75 Å². The van der Waals surface area contributed by atoms with Crippen LogP contribution in [0.4, 0.5) is 0 Å². The van der Waals surface area contributed by atoms with E-state index in [0.29, 0.717) is 11.6 Å². The molecule has 0 unspecified atom stereocenters. The van der Waals surface area contributed by atoms with Crippen molar-refractivity contribution in [3.8, 4) is 5.75 Å². The number of halogens is 1. The highest BCUT2D eigenvalue weighted by atomic mass is 35.5. The predicted molar refractivity (Wildman–Crippen MR) is 96.5 cm³/mol. The Balaban J connectivity index is 2.51. The standard InChI is InChI=1S/C17H28ClN3O2/c1-4-19-17(20-10-6-7-11-23-5-2)21-13-14-8-9-15(18)12-16(14)22-3/h8-9,12H,4-7,10-11,13H2,1-3H3,(H2,19,20,21). The smallest absolute Gasteiger partial charge is 0.191 e. The van der Waals surface area contributed by atoms with Crippen molar-refractivity contribution in [2.24, 2.45) is 4.99 Å². The lowest BCUT2D eigenvalue weighted by Crippen LogP contribution is -2.37. The Morgan fingerprint density at radius 2 is 2.04 bits per heavy atom. The van der Waals surface area contributed by atoms with Gasteiger partial charge in [0.1, 0.15) is 5.75 Å². The second-order valence-electron chi connectivity index (χ2n) is 4.98. The van der Waals surface area contributed by atoms with Gasteiger partial charge in [0, 0.05) is 36.9 Å². The fourth-order valence-corrected chi connectivity index (χ4v) is 2.20. The first kappa shape index (κ1) is 19.6. The zero-order valence-corrected chi connectivity index (χ0v) is 15.1. The van der Waals surface area contributed by atoms with E-state index in [1.165, 1.54) is 0 Å². The quantitative estimate of drug-likeness (QED) is 0.390. The molecule has 23 heavy (non-hydrogen) atoms. The van der Waals surface area contributed by atoms with Crippen LogP contribution in [0.2, 0.25) is 5.02 Å². The van der Waals surface area contributed by atoms with E-state index in [4.69, 9.17) is 21.1 Å². The molecule has 0 spiro atoms. The van der Waals surface area contributed by atoms with E-state index in [0.717, 1.165) is 56.4 Å². The van der Waals surface area contributed by atoms with Crippen molar-refractivity contribution < 1.29 is 9.47 Å². The van der Waals surface area contributed by atoms with Crippen LogP contribution in [0.25, 0.3) is 0 Å². The van der Waals surface area contributed by atoms with Gasteiger partial charge in [0.2, 0.25) is 0 Å². The summed E-state index contributed by atoms with van der Waals surface area (Å²) in [4.78, 5) is 4.60. The fraction of sp³-hybridized carbons (Fsp3) is 0.588. The summed E-state index contributed by atoms with van der Waals surface area (Å²) >= 11 is 5.98. The van der Waals surface area contributed by atoms with E-state index < -0.39 is 0 Å². The third-order valence-electron chi connectivity index (χ3n) is 3.21. The lowest BCUT2D eigenvalue weighted by molar-refractivity contribution is 0.143. The number of ether oxygens (including phenoxy) is 2. The molecule has 0 saturated carbocycles. The largest absolute Gasteiger partial charge is 0.496 e. The third kappa shape index (κ3) is 8.09. The summed E-state index contributed by atoms with van der Waals surface area (Å²) in [6, 6.07) is 5.60. The van der Waals surface area contributed by atoms with Crippen LogP contribution in [0.15, 0.2) is 23.2 Å². The number of benzene rings is 1. The topological polar surface area (TPSA) is 54.9 Å². The molecule has 130 valence electrons. The lowest BCUT2D eigenvalue weighted by Gasteiger charge is -2.12. The van der Waals surface area contributed by atoms with Gasteiger partial charge in [-0.25, -0.2) is 4.99 Å². The summed E-state index contributed by atoms with van der Waals surface area (Å²) < 4.78 is 10.7. The summed E-state index contributed by atoms with van der Waals surface area (Å²) in [5.41, 5.74) is 1.01. The van der Waals surface area contributed by atoms with Crippen LogP contribution in [-0.2, 0) is 11.3 Å². The normalized spacial score (nSPS) is 11.4. The molecule has 0 bridgehead atoms. The number of methoxy groups -OCH3 is 1. The molecule has 0 saturated heterocycles. The molecular weight excluding hydrogens is 314 g/mol. The van der Waals surface area contributed by atoms with Crippen LogP contribution < -0.4 is 15.4 Å². The Hall–Kier alpha value is -1.46. The zero-order chi connectivity index (χ0) is 16.9. The minimum Gasteiger partial charge on any atom is -0.496 e. The van der Waals surface area contributed by atoms with Crippen LogP contribution in [-0.4, -0.2) is 39.4 Å². The van der Waals surface area contributed by atoms with Gasteiger partial charge in [-0.2, -0.15) is 0 Å². The second-order valence-corrected chi connectivity index (χ2v) is 5.42. The summed E-state index contributed by atoms with van der Waals surface area (Å²) in [6.07, 6.45) is 2.10. The molecule has 1 rings (SSSR count). The molecule has 1 aromatic carbocycles. The molecule has 5 nitrogen and oxygen atoms in total. The molecule has 0 aliphatic rings. The molecule has 0 aliphatic heterocycles. The highest BCUT2D eigenvalue weighted by molar-refractivity contribution is 6.30. The number of unbranched alkanes of at least 4 members (excludes halogenated alkanes) is 1. The molecular formula is C17H28ClN3O2. The molecule has 0 aromatic heterocycles. The SMILES string of the molecule is CCNC(=NCc1ccc(Cl)cc1OC)NCCCCOCC. The Bertz CT molecular complexity index is 481. The van der Waals surface area contributed by atoms with Crippen molar-refractivity contribution in [3.05, 3.63) is 28.8 Å². The van der Waals surface area contributed by atoms with Crippen LogP contribution in [0.1, 0.15) is 32.3 Å². The lowest BCUT2D eigenvalue weighted by atomic mass is 10.2. The number of guanidine groups is 1. The van der Waals surface area contributed by atoms with E-state index in [2.05, 4.69) is 22.5 Å². The number of nitrogens with zero attached hydrogens (tertiary/aromatic N) is 1.